The van der Waals surface area contributed by atoms with E-state index in [4.69, 9.17) is 9.47 Å². The van der Waals surface area contributed by atoms with Gasteiger partial charge >= 0.3 is 0 Å². The Labute approximate surface area is 85.8 Å². The van der Waals surface area contributed by atoms with Crippen molar-refractivity contribution >= 4 is 0 Å². The highest BCUT2D eigenvalue weighted by molar-refractivity contribution is 5.18. The Morgan fingerprint density at radius 3 is 2.50 bits per heavy atom. The van der Waals surface area contributed by atoms with Crippen molar-refractivity contribution in [2.24, 2.45) is 0 Å². The van der Waals surface area contributed by atoms with Gasteiger partial charge in [0.25, 0.3) is 0 Å². The largest absolute Gasteiger partial charge is 0.382 e. The molecule has 0 amide bonds. The zero-order valence-corrected chi connectivity index (χ0v) is 8.90. The van der Waals surface area contributed by atoms with Crippen LogP contribution in [0.25, 0.3) is 0 Å². The maximum atomic E-state index is 5.47. The fourth-order valence-corrected chi connectivity index (χ4v) is 1.28. The van der Waals surface area contributed by atoms with E-state index in [0.717, 1.165) is 6.61 Å². The number of ether oxygens (including phenoxy) is 2. The lowest BCUT2D eigenvalue weighted by atomic mass is 10.0. The second-order valence-corrected chi connectivity index (χ2v) is 3.38. The van der Waals surface area contributed by atoms with E-state index >= 15 is 0 Å². The van der Waals surface area contributed by atoms with Gasteiger partial charge in [-0.3, -0.25) is 0 Å². The van der Waals surface area contributed by atoms with Crippen LogP contribution in [-0.2, 0) is 9.47 Å². The van der Waals surface area contributed by atoms with Crippen molar-refractivity contribution < 1.29 is 9.47 Å². The van der Waals surface area contributed by atoms with Gasteiger partial charge in [-0.1, -0.05) is 37.3 Å². The van der Waals surface area contributed by atoms with E-state index in [-0.39, 0.29) is 0 Å². The minimum Gasteiger partial charge on any atom is -0.382 e. The number of rotatable bonds is 6. The molecule has 1 rings (SSSR count). The van der Waals surface area contributed by atoms with Crippen molar-refractivity contribution in [3.8, 4) is 0 Å². The van der Waals surface area contributed by atoms with Crippen LogP contribution in [-0.4, -0.2) is 26.9 Å². The van der Waals surface area contributed by atoms with Gasteiger partial charge < -0.3 is 9.47 Å². The van der Waals surface area contributed by atoms with Crippen molar-refractivity contribution in [3.63, 3.8) is 0 Å². The summed E-state index contributed by atoms with van der Waals surface area (Å²) in [5.74, 6) is 0.452. The first-order chi connectivity index (χ1) is 6.84. The fourth-order valence-electron chi connectivity index (χ4n) is 1.28. The average molecular weight is 194 g/mol. The molecule has 1 unspecified atom stereocenters. The molecule has 1 atom stereocenters. The van der Waals surface area contributed by atoms with Crippen LogP contribution in [0, 0.1) is 0 Å². The van der Waals surface area contributed by atoms with E-state index in [1.165, 1.54) is 5.56 Å². The molecular weight excluding hydrogens is 176 g/mol. The number of benzene rings is 1. The number of hydrogen-bond acceptors (Lipinski definition) is 2. The average Bonchev–Trinajstić information content (AvgIpc) is 2.25. The standard InChI is InChI=1S/C12H18O2/c1-11(10-14-9-8-13-2)12-6-4-3-5-7-12/h3-7,11H,8-10H2,1-2H3. The van der Waals surface area contributed by atoms with E-state index < -0.39 is 0 Å². The molecule has 0 aliphatic carbocycles. The SMILES string of the molecule is COCCOCC(C)c1ccccc1. The lowest BCUT2D eigenvalue weighted by molar-refractivity contribution is 0.0649. The Morgan fingerprint density at radius 2 is 1.86 bits per heavy atom. The van der Waals surface area contributed by atoms with Crippen molar-refractivity contribution in [3.05, 3.63) is 35.9 Å². The third-order valence-corrected chi connectivity index (χ3v) is 2.17. The van der Waals surface area contributed by atoms with Gasteiger partial charge in [0.15, 0.2) is 0 Å². The Hall–Kier alpha value is -0.860. The summed E-state index contributed by atoms with van der Waals surface area (Å²) in [6.45, 7) is 4.27. The molecule has 78 valence electrons. The summed E-state index contributed by atoms with van der Waals surface area (Å²) in [5.41, 5.74) is 1.32. The van der Waals surface area contributed by atoms with Crippen LogP contribution in [0.4, 0.5) is 0 Å². The quantitative estimate of drug-likeness (QED) is 0.648. The lowest BCUT2D eigenvalue weighted by Gasteiger charge is -2.11. The van der Waals surface area contributed by atoms with Crippen molar-refractivity contribution in [2.75, 3.05) is 26.9 Å². The second-order valence-electron chi connectivity index (χ2n) is 3.38. The third kappa shape index (κ3) is 3.90. The van der Waals surface area contributed by atoms with Crippen molar-refractivity contribution in [1.82, 2.24) is 0 Å². The maximum Gasteiger partial charge on any atom is 0.0700 e. The van der Waals surface area contributed by atoms with Gasteiger partial charge in [0.05, 0.1) is 19.8 Å². The molecule has 0 spiro atoms. The minimum atomic E-state index is 0.452. The van der Waals surface area contributed by atoms with Gasteiger partial charge in [-0.15, -0.1) is 0 Å². The maximum absolute atomic E-state index is 5.47. The van der Waals surface area contributed by atoms with Gasteiger partial charge in [0.1, 0.15) is 0 Å². The van der Waals surface area contributed by atoms with Crippen LogP contribution in [0.3, 0.4) is 0 Å². The molecule has 0 aliphatic heterocycles. The highest BCUT2D eigenvalue weighted by Crippen LogP contribution is 2.14. The Morgan fingerprint density at radius 1 is 1.14 bits per heavy atom. The van der Waals surface area contributed by atoms with Gasteiger partial charge in [-0.05, 0) is 5.56 Å². The molecular formula is C12H18O2. The molecule has 0 saturated carbocycles. The number of methoxy groups -OCH3 is 1. The molecule has 0 bridgehead atoms. The Bertz CT molecular complexity index is 233. The van der Waals surface area contributed by atoms with Gasteiger partial charge in [0, 0.05) is 13.0 Å². The summed E-state index contributed by atoms with van der Waals surface area (Å²) in [5, 5.41) is 0. The molecule has 0 heterocycles. The first-order valence-electron chi connectivity index (χ1n) is 4.96. The summed E-state index contributed by atoms with van der Waals surface area (Å²) in [7, 11) is 1.68. The molecule has 14 heavy (non-hydrogen) atoms. The van der Waals surface area contributed by atoms with Gasteiger partial charge in [-0.2, -0.15) is 0 Å². The summed E-state index contributed by atoms with van der Waals surface area (Å²) in [6, 6.07) is 10.4. The predicted octanol–water partition coefficient (Wildman–Crippen LogP) is 2.45. The molecule has 0 aromatic heterocycles. The topological polar surface area (TPSA) is 18.5 Å². The highest BCUT2D eigenvalue weighted by atomic mass is 16.5. The summed E-state index contributed by atoms with van der Waals surface area (Å²) in [4.78, 5) is 0. The highest BCUT2D eigenvalue weighted by Gasteiger charge is 2.03. The Kier molecular flexibility index (Phi) is 5.27. The lowest BCUT2D eigenvalue weighted by Crippen LogP contribution is -2.08. The molecule has 0 N–H and O–H groups in total. The van der Waals surface area contributed by atoms with E-state index in [9.17, 15) is 0 Å². The van der Waals surface area contributed by atoms with E-state index in [0.29, 0.717) is 19.1 Å². The number of hydrogen-bond donors (Lipinski definition) is 0. The molecule has 0 fully saturated rings. The third-order valence-electron chi connectivity index (χ3n) is 2.17. The zero-order chi connectivity index (χ0) is 10.2. The minimum absolute atomic E-state index is 0.452. The normalized spacial score (nSPS) is 12.7. The van der Waals surface area contributed by atoms with Gasteiger partial charge in [-0.25, -0.2) is 0 Å². The van der Waals surface area contributed by atoms with Crippen LogP contribution in [0.5, 0.6) is 0 Å². The van der Waals surface area contributed by atoms with Crippen LogP contribution >= 0.6 is 0 Å². The van der Waals surface area contributed by atoms with Crippen molar-refractivity contribution in [2.45, 2.75) is 12.8 Å². The molecule has 1 aromatic carbocycles. The van der Waals surface area contributed by atoms with Crippen LogP contribution in [0.15, 0.2) is 30.3 Å². The van der Waals surface area contributed by atoms with Crippen molar-refractivity contribution in [1.29, 1.82) is 0 Å². The van der Waals surface area contributed by atoms with Crippen LogP contribution < -0.4 is 0 Å². The summed E-state index contributed by atoms with van der Waals surface area (Å²) < 4.78 is 10.4. The van der Waals surface area contributed by atoms with E-state index in [1.807, 2.05) is 6.07 Å². The molecule has 0 radical (unpaired) electrons. The summed E-state index contributed by atoms with van der Waals surface area (Å²) >= 11 is 0. The summed E-state index contributed by atoms with van der Waals surface area (Å²) in [6.07, 6.45) is 0. The van der Waals surface area contributed by atoms with Crippen LogP contribution in [0.1, 0.15) is 18.4 Å². The zero-order valence-electron chi connectivity index (χ0n) is 8.90. The molecule has 2 heteroatoms. The first-order valence-corrected chi connectivity index (χ1v) is 4.96. The van der Waals surface area contributed by atoms with E-state index in [1.54, 1.807) is 7.11 Å². The fraction of sp³-hybridized carbons (Fsp3) is 0.500. The monoisotopic (exact) mass is 194 g/mol. The molecule has 2 nitrogen and oxygen atoms in total. The van der Waals surface area contributed by atoms with E-state index in [2.05, 4.69) is 31.2 Å². The molecule has 0 aliphatic rings. The predicted molar refractivity (Wildman–Crippen MR) is 57.6 cm³/mol. The smallest absolute Gasteiger partial charge is 0.0700 e. The molecule has 0 saturated heterocycles. The first kappa shape index (κ1) is 11.2. The van der Waals surface area contributed by atoms with Gasteiger partial charge in [0.2, 0.25) is 0 Å². The Balaban J connectivity index is 2.25. The molecule has 1 aromatic rings. The second kappa shape index (κ2) is 6.57. The van der Waals surface area contributed by atoms with Crippen LogP contribution in [0.2, 0.25) is 0 Å².